The molecule has 1 heteroatoms. The lowest BCUT2D eigenvalue weighted by Crippen LogP contribution is -2.00. The Morgan fingerprint density at radius 1 is 0.895 bits per heavy atom. The van der Waals surface area contributed by atoms with Crippen LogP contribution in [0.4, 0.5) is 5.69 Å². The number of benzene rings is 1. The largest absolute Gasteiger partial charge is 0.399 e. The molecule has 1 aromatic carbocycles. The van der Waals surface area contributed by atoms with Crippen molar-refractivity contribution in [1.82, 2.24) is 0 Å². The topological polar surface area (TPSA) is 26.0 Å². The predicted octanol–water partition coefficient (Wildman–Crippen LogP) is 5.90. The first-order valence-electron chi connectivity index (χ1n) is 8.13. The quantitative estimate of drug-likeness (QED) is 0.411. The van der Waals surface area contributed by atoms with Crippen molar-refractivity contribution in [2.45, 2.75) is 77.6 Å². The van der Waals surface area contributed by atoms with Crippen LogP contribution < -0.4 is 5.73 Å². The molecule has 0 radical (unpaired) electrons. The van der Waals surface area contributed by atoms with E-state index >= 15 is 0 Å². The van der Waals surface area contributed by atoms with Crippen LogP contribution in [0.3, 0.4) is 0 Å². The maximum Gasteiger partial charge on any atom is 0.0316 e. The Bertz CT molecular complexity index is 332. The van der Waals surface area contributed by atoms with Gasteiger partial charge in [0, 0.05) is 5.69 Å². The normalized spacial score (nSPS) is 12.5. The van der Waals surface area contributed by atoms with Crippen LogP contribution in [-0.2, 0) is 0 Å². The summed E-state index contributed by atoms with van der Waals surface area (Å²) in [5.41, 5.74) is 8.27. The van der Waals surface area contributed by atoms with Gasteiger partial charge in [-0.3, -0.25) is 0 Å². The van der Waals surface area contributed by atoms with Gasteiger partial charge in [-0.1, -0.05) is 70.9 Å². The van der Waals surface area contributed by atoms with Crippen molar-refractivity contribution in [2.24, 2.45) is 0 Å². The Hall–Kier alpha value is -0.980. The maximum atomic E-state index is 5.92. The van der Waals surface area contributed by atoms with Crippen molar-refractivity contribution in [3.05, 3.63) is 29.8 Å². The van der Waals surface area contributed by atoms with Crippen molar-refractivity contribution in [3.8, 4) is 0 Å². The minimum absolute atomic E-state index is 0.713. The Morgan fingerprint density at radius 2 is 1.58 bits per heavy atom. The zero-order valence-electron chi connectivity index (χ0n) is 12.8. The number of rotatable bonds is 10. The highest BCUT2D eigenvalue weighted by atomic mass is 14.5. The van der Waals surface area contributed by atoms with Crippen molar-refractivity contribution >= 4 is 5.69 Å². The smallest absolute Gasteiger partial charge is 0.0316 e. The molecule has 1 rings (SSSR count). The summed E-state index contributed by atoms with van der Waals surface area (Å²) in [6.45, 7) is 4.55. The predicted molar refractivity (Wildman–Crippen MR) is 86.5 cm³/mol. The zero-order chi connectivity index (χ0) is 13.9. The second kappa shape index (κ2) is 9.89. The summed E-state index contributed by atoms with van der Waals surface area (Å²) < 4.78 is 0. The average Bonchev–Trinajstić information content (AvgIpc) is 2.42. The van der Waals surface area contributed by atoms with Gasteiger partial charge < -0.3 is 5.73 Å². The van der Waals surface area contributed by atoms with Crippen molar-refractivity contribution in [1.29, 1.82) is 0 Å². The summed E-state index contributed by atoms with van der Waals surface area (Å²) >= 11 is 0. The fourth-order valence-corrected chi connectivity index (χ4v) is 2.74. The van der Waals surface area contributed by atoms with Crippen LogP contribution in [0.1, 0.15) is 83.1 Å². The minimum atomic E-state index is 0.713. The minimum Gasteiger partial charge on any atom is -0.399 e. The first-order chi connectivity index (χ1) is 9.27. The van der Waals surface area contributed by atoms with Crippen molar-refractivity contribution in [2.75, 3.05) is 5.73 Å². The summed E-state index contributed by atoms with van der Waals surface area (Å²) in [6, 6.07) is 8.51. The van der Waals surface area contributed by atoms with E-state index in [1.165, 1.54) is 63.4 Å². The molecule has 0 saturated heterocycles. The highest BCUT2D eigenvalue weighted by Gasteiger charge is 2.11. The van der Waals surface area contributed by atoms with E-state index in [0.29, 0.717) is 5.92 Å². The molecule has 2 N–H and O–H groups in total. The summed E-state index contributed by atoms with van der Waals surface area (Å²) in [5.74, 6) is 0.713. The molecule has 0 aromatic heterocycles. The third-order valence-corrected chi connectivity index (χ3v) is 3.94. The molecule has 0 aliphatic heterocycles. The van der Waals surface area contributed by atoms with Gasteiger partial charge in [0.25, 0.3) is 0 Å². The first kappa shape index (κ1) is 16.1. The molecule has 0 fully saturated rings. The molecule has 1 unspecified atom stereocenters. The number of nitrogen functional groups attached to an aromatic ring is 1. The number of hydrogen-bond donors (Lipinski definition) is 1. The molecule has 0 heterocycles. The Kier molecular flexibility index (Phi) is 8.36. The van der Waals surface area contributed by atoms with Crippen LogP contribution in [0.2, 0.25) is 0 Å². The lowest BCUT2D eigenvalue weighted by atomic mass is 9.88. The van der Waals surface area contributed by atoms with Crippen LogP contribution in [0.15, 0.2) is 24.3 Å². The van der Waals surface area contributed by atoms with Gasteiger partial charge in [-0.25, -0.2) is 0 Å². The second-order valence-corrected chi connectivity index (χ2v) is 5.71. The highest BCUT2D eigenvalue weighted by Crippen LogP contribution is 2.29. The van der Waals surface area contributed by atoms with Crippen molar-refractivity contribution in [3.63, 3.8) is 0 Å². The lowest BCUT2D eigenvalue weighted by molar-refractivity contribution is 0.505. The van der Waals surface area contributed by atoms with Gasteiger partial charge in [0.1, 0.15) is 0 Å². The van der Waals surface area contributed by atoms with Crippen LogP contribution in [0.25, 0.3) is 0 Å². The molecule has 0 aliphatic carbocycles. The SMILES string of the molecule is CCCCCCCC(CCCC)c1cccc(N)c1. The summed E-state index contributed by atoms with van der Waals surface area (Å²) in [6.07, 6.45) is 12.1. The summed E-state index contributed by atoms with van der Waals surface area (Å²) in [7, 11) is 0. The van der Waals surface area contributed by atoms with Crippen molar-refractivity contribution < 1.29 is 0 Å². The fourth-order valence-electron chi connectivity index (χ4n) is 2.74. The molecular formula is C18H31N. The molecule has 1 atom stereocenters. The number of anilines is 1. The molecule has 0 aliphatic rings. The van der Waals surface area contributed by atoms with E-state index in [1.54, 1.807) is 0 Å². The standard InChI is InChI=1S/C18H31N/c1-3-5-7-8-9-12-16(11-6-4-2)17-13-10-14-18(19)15-17/h10,13-16H,3-9,11-12,19H2,1-2H3. The van der Waals surface area contributed by atoms with Gasteiger partial charge in [-0.2, -0.15) is 0 Å². The Balaban J connectivity index is 2.47. The number of hydrogen-bond acceptors (Lipinski definition) is 1. The van der Waals surface area contributed by atoms with Gasteiger partial charge in [-0.15, -0.1) is 0 Å². The monoisotopic (exact) mass is 261 g/mol. The van der Waals surface area contributed by atoms with E-state index in [1.807, 2.05) is 6.07 Å². The molecule has 0 amide bonds. The van der Waals surface area contributed by atoms with E-state index in [-0.39, 0.29) is 0 Å². The maximum absolute atomic E-state index is 5.92. The first-order valence-corrected chi connectivity index (χ1v) is 8.13. The second-order valence-electron chi connectivity index (χ2n) is 5.71. The van der Waals surface area contributed by atoms with Gasteiger partial charge >= 0.3 is 0 Å². The molecule has 19 heavy (non-hydrogen) atoms. The molecular weight excluding hydrogens is 230 g/mol. The van der Waals surface area contributed by atoms with E-state index in [2.05, 4.69) is 32.0 Å². The molecule has 0 saturated carbocycles. The zero-order valence-corrected chi connectivity index (χ0v) is 12.8. The lowest BCUT2D eigenvalue weighted by Gasteiger charge is -2.17. The molecule has 1 aromatic rings. The third-order valence-electron chi connectivity index (χ3n) is 3.94. The number of unbranched alkanes of at least 4 members (excludes halogenated alkanes) is 5. The third kappa shape index (κ3) is 6.66. The van der Waals surface area contributed by atoms with E-state index in [4.69, 9.17) is 5.73 Å². The van der Waals surface area contributed by atoms with E-state index < -0.39 is 0 Å². The summed E-state index contributed by atoms with van der Waals surface area (Å²) in [5, 5.41) is 0. The summed E-state index contributed by atoms with van der Waals surface area (Å²) in [4.78, 5) is 0. The van der Waals surface area contributed by atoms with Gasteiger partial charge in [0.05, 0.1) is 0 Å². The van der Waals surface area contributed by atoms with Gasteiger partial charge in [0.15, 0.2) is 0 Å². The molecule has 0 bridgehead atoms. The highest BCUT2D eigenvalue weighted by molar-refractivity contribution is 5.41. The molecule has 0 spiro atoms. The Labute approximate surface area is 119 Å². The van der Waals surface area contributed by atoms with Crippen LogP contribution in [0, 0.1) is 0 Å². The molecule has 108 valence electrons. The Morgan fingerprint density at radius 3 is 2.26 bits per heavy atom. The van der Waals surface area contributed by atoms with Crippen LogP contribution in [-0.4, -0.2) is 0 Å². The molecule has 1 nitrogen and oxygen atoms in total. The van der Waals surface area contributed by atoms with Crippen LogP contribution in [0.5, 0.6) is 0 Å². The van der Waals surface area contributed by atoms with Gasteiger partial charge in [-0.05, 0) is 36.5 Å². The number of nitrogens with two attached hydrogens (primary N) is 1. The van der Waals surface area contributed by atoms with E-state index in [0.717, 1.165) is 5.69 Å². The van der Waals surface area contributed by atoms with Gasteiger partial charge in [0.2, 0.25) is 0 Å². The average molecular weight is 261 g/mol. The fraction of sp³-hybridized carbons (Fsp3) is 0.667. The van der Waals surface area contributed by atoms with E-state index in [9.17, 15) is 0 Å². The van der Waals surface area contributed by atoms with Crippen LogP contribution >= 0.6 is 0 Å².